The number of sulfone groups is 1. The number of pyridine rings is 1. The standard InChI is InChI=1S/C27H22FN3O2S/c1-34(32,33)24-13-9-20(10-14-24)25-17-22(18-29)27(30-16-15-19-5-3-2-4-6-19)31-26(25)21-7-11-23(28)12-8-21/h2-14,17H,15-16H2,1H3,(H,30,31). The summed E-state index contributed by atoms with van der Waals surface area (Å²) >= 11 is 0. The summed E-state index contributed by atoms with van der Waals surface area (Å²) in [4.78, 5) is 4.95. The molecule has 0 saturated carbocycles. The molecule has 0 aliphatic carbocycles. The molecule has 4 aromatic rings. The van der Waals surface area contributed by atoms with Gasteiger partial charge >= 0.3 is 0 Å². The van der Waals surface area contributed by atoms with Gasteiger partial charge in [-0.25, -0.2) is 17.8 Å². The van der Waals surface area contributed by atoms with Crippen LogP contribution in [0.3, 0.4) is 0 Å². The van der Waals surface area contributed by atoms with E-state index in [0.29, 0.717) is 40.3 Å². The Kier molecular flexibility index (Phi) is 6.71. The van der Waals surface area contributed by atoms with E-state index >= 15 is 0 Å². The molecule has 1 N–H and O–H groups in total. The average Bonchev–Trinajstić information content (AvgIpc) is 2.84. The fourth-order valence-electron chi connectivity index (χ4n) is 3.63. The van der Waals surface area contributed by atoms with Gasteiger partial charge in [-0.15, -0.1) is 0 Å². The van der Waals surface area contributed by atoms with E-state index in [1.807, 2.05) is 30.3 Å². The Labute approximate surface area is 198 Å². The maximum absolute atomic E-state index is 13.6. The maximum Gasteiger partial charge on any atom is 0.175 e. The van der Waals surface area contributed by atoms with Gasteiger partial charge in [-0.05, 0) is 60.0 Å². The topological polar surface area (TPSA) is 82.8 Å². The van der Waals surface area contributed by atoms with E-state index in [9.17, 15) is 18.1 Å². The van der Waals surface area contributed by atoms with E-state index < -0.39 is 9.84 Å². The minimum Gasteiger partial charge on any atom is -0.369 e. The molecule has 0 bridgehead atoms. The molecule has 1 heterocycles. The van der Waals surface area contributed by atoms with E-state index in [1.54, 1.807) is 30.3 Å². The molecular formula is C27H22FN3O2S. The Balaban J connectivity index is 1.75. The first-order valence-electron chi connectivity index (χ1n) is 10.6. The van der Waals surface area contributed by atoms with Crippen LogP contribution in [0.25, 0.3) is 22.4 Å². The van der Waals surface area contributed by atoms with Gasteiger partial charge in [0.15, 0.2) is 9.84 Å². The Bertz CT molecular complexity index is 1450. The lowest BCUT2D eigenvalue weighted by Gasteiger charge is -2.15. The number of nitriles is 1. The van der Waals surface area contributed by atoms with Crippen molar-refractivity contribution in [1.29, 1.82) is 5.26 Å². The fraction of sp³-hybridized carbons (Fsp3) is 0.111. The van der Waals surface area contributed by atoms with Crippen LogP contribution in [0.4, 0.5) is 10.2 Å². The maximum atomic E-state index is 13.6. The highest BCUT2D eigenvalue weighted by Crippen LogP contribution is 2.34. The van der Waals surface area contributed by atoms with Crippen LogP contribution in [0.5, 0.6) is 0 Å². The SMILES string of the molecule is CS(=O)(=O)c1ccc(-c2cc(C#N)c(NCCc3ccccc3)nc2-c2ccc(F)cc2)cc1. The predicted molar refractivity (Wildman–Crippen MR) is 132 cm³/mol. The van der Waals surface area contributed by atoms with Crippen LogP contribution in [-0.4, -0.2) is 26.2 Å². The molecular weight excluding hydrogens is 449 g/mol. The zero-order valence-corrected chi connectivity index (χ0v) is 19.3. The molecule has 0 radical (unpaired) electrons. The molecule has 0 saturated heterocycles. The van der Waals surface area contributed by atoms with Crippen LogP contribution in [0.15, 0.2) is 89.8 Å². The monoisotopic (exact) mass is 471 g/mol. The van der Waals surface area contributed by atoms with Crippen LogP contribution < -0.4 is 5.32 Å². The molecule has 0 spiro atoms. The summed E-state index contributed by atoms with van der Waals surface area (Å²) in [6, 6.07) is 26.3. The van der Waals surface area contributed by atoms with Gasteiger partial charge in [-0.3, -0.25) is 0 Å². The van der Waals surface area contributed by atoms with Crippen molar-refractivity contribution in [3.05, 3.63) is 102 Å². The lowest BCUT2D eigenvalue weighted by atomic mass is 9.97. The number of hydrogen-bond acceptors (Lipinski definition) is 5. The van der Waals surface area contributed by atoms with Crippen molar-refractivity contribution in [3.63, 3.8) is 0 Å². The highest BCUT2D eigenvalue weighted by molar-refractivity contribution is 7.90. The minimum atomic E-state index is -3.34. The van der Waals surface area contributed by atoms with Crippen LogP contribution in [0, 0.1) is 17.1 Å². The van der Waals surface area contributed by atoms with Crippen LogP contribution in [0.1, 0.15) is 11.1 Å². The van der Waals surface area contributed by atoms with Crippen molar-refractivity contribution in [2.45, 2.75) is 11.3 Å². The van der Waals surface area contributed by atoms with Crippen molar-refractivity contribution in [2.24, 2.45) is 0 Å². The van der Waals surface area contributed by atoms with Gasteiger partial charge < -0.3 is 5.32 Å². The molecule has 0 aliphatic heterocycles. The summed E-state index contributed by atoms with van der Waals surface area (Å²) in [7, 11) is -3.34. The molecule has 0 amide bonds. The third-order valence-electron chi connectivity index (χ3n) is 5.40. The van der Waals surface area contributed by atoms with E-state index in [2.05, 4.69) is 11.4 Å². The predicted octanol–water partition coefficient (Wildman–Crippen LogP) is 5.48. The van der Waals surface area contributed by atoms with Crippen molar-refractivity contribution < 1.29 is 12.8 Å². The van der Waals surface area contributed by atoms with Crippen molar-refractivity contribution >= 4 is 15.7 Å². The number of nitrogens with one attached hydrogen (secondary N) is 1. The highest BCUT2D eigenvalue weighted by Gasteiger charge is 2.16. The summed E-state index contributed by atoms with van der Waals surface area (Å²) < 4.78 is 37.3. The van der Waals surface area contributed by atoms with Crippen LogP contribution in [-0.2, 0) is 16.3 Å². The van der Waals surface area contributed by atoms with Crippen LogP contribution >= 0.6 is 0 Å². The number of aromatic nitrogens is 1. The summed E-state index contributed by atoms with van der Waals surface area (Å²) in [6.07, 6.45) is 1.91. The third kappa shape index (κ3) is 5.30. The highest BCUT2D eigenvalue weighted by atomic mass is 32.2. The molecule has 3 aromatic carbocycles. The molecule has 170 valence electrons. The van der Waals surface area contributed by atoms with Crippen LogP contribution in [0.2, 0.25) is 0 Å². The Morgan fingerprint density at radius 3 is 2.21 bits per heavy atom. The molecule has 34 heavy (non-hydrogen) atoms. The molecule has 0 fully saturated rings. The number of benzene rings is 3. The number of rotatable bonds is 7. The molecule has 0 aliphatic rings. The number of halogens is 1. The number of hydrogen-bond donors (Lipinski definition) is 1. The fourth-order valence-corrected chi connectivity index (χ4v) is 4.26. The van der Waals surface area contributed by atoms with Gasteiger partial charge in [0.2, 0.25) is 0 Å². The minimum absolute atomic E-state index is 0.201. The Hall–Kier alpha value is -4.02. The lowest BCUT2D eigenvalue weighted by Crippen LogP contribution is -2.09. The Morgan fingerprint density at radius 1 is 0.941 bits per heavy atom. The molecule has 1 aromatic heterocycles. The summed E-state index contributed by atoms with van der Waals surface area (Å²) in [5, 5.41) is 13.1. The van der Waals surface area contributed by atoms with Gasteiger partial charge in [-0.1, -0.05) is 42.5 Å². The van der Waals surface area contributed by atoms with E-state index in [-0.39, 0.29) is 10.7 Å². The summed E-state index contributed by atoms with van der Waals surface area (Å²) in [5.74, 6) is 0.0759. The first-order valence-corrected chi connectivity index (χ1v) is 12.5. The molecule has 4 rings (SSSR count). The smallest absolute Gasteiger partial charge is 0.175 e. The van der Waals surface area contributed by atoms with Crippen molar-refractivity contribution in [1.82, 2.24) is 4.98 Å². The summed E-state index contributed by atoms with van der Waals surface area (Å²) in [5.41, 5.74) is 4.12. The second-order valence-corrected chi connectivity index (χ2v) is 9.87. The second kappa shape index (κ2) is 9.86. The third-order valence-corrected chi connectivity index (χ3v) is 6.53. The zero-order valence-electron chi connectivity index (χ0n) is 18.5. The lowest BCUT2D eigenvalue weighted by molar-refractivity contribution is 0.602. The van der Waals surface area contributed by atoms with E-state index in [4.69, 9.17) is 4.98 Å². The quantitative estimate of drug-likeness (QED) is 0.386. The normalized spacial score (nSPS) is 11.1. The molecule has 0 unspecified atom stereocenters. The first-order chi connectivity index (χ1) is 16.3. The van der Waals surface area contributed by atoms with Crippen molar-refractivity contribution in [2.75, 3.05) is 18.1 Å². The van der Waals surface area contributed by atoms with Gasteiger partial charge in [0.25, 0.3) is 0 Å². The average molecular weight is 472 g/mol. The van der Waals surface area contributed by atoms with Gasteiger partial charge in [-0.2, -0.15) is 5.26 Å². The molecule has 5 nitrogen and oxygen atoms in total. The van der Waals surface area contributed by atoms with Gasteiger partial charge in [0.1, 0.15) is 17.7 Å². The van der Waals surface area contributed by atoms with Gasteiger partial charge in [0, 0.05) is 23.9 Å². The van der Waals surface area contributed by atoms with E-state index in [1.165, 1.54) is 24.3 Å². The van der Waals surface area contributed by atoms with E-state index in [0.717, 1.165) is 18.2 Å². The molecule has 7 heteroatoms. The number of nitrogens with zero attached hydrogens (tertiary/aromatic N) is 2. The van der Waals surface area contributed by atoms with Crippen molar-refractivity contribution in [3.8, 4) is 28.5 Å². The largest absolute Gasteiger partial charge is 0.369 e. The first kappa shape index (κ1) is 23.1. The Morgan fingerprint density at radius 2 is 1.59 bits per heavy atom. The van der Waals surface area contributed by atoms with Gasteiger partial charge in [0.05, 0.1) is 16.2 Å². The zero-order chi connectivity index (χ0) is 24.1. The number of anilines is 1. The summed E-state index contributed by atoms with van der Waals surface area (Å²) in [6.45, 7) is 0.580. The second-order valence-electron chi connectivity index (χ2n) is 7.86. The molecule has 0 atom stereocenters.